The lowest BCUT2D eigenvalue weighted by Gasteiger charge is -2.11. The molecule has 0 aromatic heterocycles. The zero-order valence-corrected chi connectivity index (χ0v) is 12.1. The Morgan fingerprint density at radius 3 is 2.50 bits per heavy atom. The minimum Gasteiger partial charge on any atom is -0.324 e. The van der Waals surface area contributed by atoms with Gasteiger partial charge in [0.05, 0.1) is 10.7 Å². The molecule has 4 nitrogen and oxygen atoms in total. The summed E-state index contributed by atoms with van der Waals surface area (Å²) in [6.45, 7) is 3.80. The molecule has 0 aliphatic carbocycles. The van der Waals surface area contributed by atoms with E-state index in [9.17, 15) is 4.79 Å². The molecule has 0 aliphatic heterocycles. The molecular formula is C15H16ClN3O. The molecule has 1 amide bonds. The first-order valence-electron chi connectivity index (χ1n) is 6.16. The lowest BCUT2D eigenvalue weighted by Crippen LogP contribution is -2.14. The number of hydrogen-bond acceptors (Lipinski definition) is 3. The second-order valence-electron chi connectivity index (χ2n) is 4.61. The van der Waals surface area contributed by atoms with Gasteiger partial charge in [-0.1, -0.05) is 17.7 Å². The first-order chi connectivity index (χ1) is 9.51. The largest absolute Gasteiger partial charge is 0.324 e. The highest BCUT2D eigenvalue weighted by Crippen LogP contribution is 2.24. The Morgan fingerprint density at radius 2 is 1.90 bits per heavy atom. The Kier molecular flexibility index (Phi) is 4.27. The number of benzene rings is 2. The Labute approximate surface area is 122 Å². The van der Waals surface area contributed by atoms with Crippen molar-refractivity contribution in [1.29, 1.82) is 0 Å². The molecule has 0 saturated heterocycles. The number of anilines is 2. The molecule has 0 aliphatic rings. The standard InChI is InChI=1S/C15H16ClN3O/c1-9-3-6-14(13(16)7-9)18-15(20)12-5-4-11(19-17)8-10(12)2/h3-8,19H,17H2,1-2H3,(H,18,20). The van der Waals surface area contributed by atoms with Gasteiger partial charge < -0.3 is 10.7 Å². The van der Waals surface area contributed by atoms with Crippen LogP contribution in [0, 0.1) is 13.8 Å². The predicted molar refractivity (Wildman–Crippen MR) is 83.1 cm³/mol. The quantitative estimate of drug-likeness (QED) is 0.598. The van der Waals surface area contributed by atoms with Crippen molar-refractivity contribution < 1.29 is 4.79 Å². The van der Waals surface area contributed by atoms with E-state index >= 15 is 0 Å². The van der Waals surface area contributed by atoms with E-state index in [-0.39, 0.29) is 5.91 Å². The minimum atomic E-state index is -0.197. The average Bonchev–Trinajstić information content (AvgIpc) is 2.41. The van der Waals surface area contributed by atoms with E-state index < -0.39 is 0 Å². The number of carbonyl (C=O) groups is 1. The highest BCUT2D eigenvalue weighted by atomic mass is 35.5. The van der Waals surface area contributed by atoms with Gasteiger partial charge in [0.15, 0.2) is 0 Å². The second-order valence-corrected chi connectivity index (χ2v) is 5.02. The van der Waals surface area contributed by atoms with Gasteiger partial charge in [-0.15, -0.1) is 0 Å². The van der Waals surface area contributed by atoms with Crippen LogP contribution in [0.5, 0.6) is 0 Å². The number of hydrogen-bond donors (Lipinski definition) is 3. The van der Waals surface area contributed by atoms with Crippen LogP contribution in [0.1, 0.15) is 21.5 Å². The molecule has 0 unspecified atom stereocenters. The van der Waals surface area contributed by atoms with Gasteiger partial charge in [-0.05, 0) is 55.3 Å². The maximum atomic E-state index is 12.3. The van der Waals surface area contributed by atoms with Crippen molar-refractivity contribution in [2.24, 2.45) is 5.84 Å². The van der Waals surface area contributed by atoms with Crippen LogP contribution in [0.25, 0.3) is 0 Å². The van der Waals surface area contributed by atoms with Crippen molar-refractivity contribution >= 4 is 28.9 Å². The lowest BCUT2D eigenvalue weighted by molar-refractivity contribution is 0.102. The number of aryl methyl sites for hydroxylation is 2. The summed E-state index contributed by atoms with van der Waals surface area (Å²) in [4.78, 5) is 12.3. The first-order valence-corrected chi connectivity index (χ1v) is 6.54. The van der Waals surface area contributed by atoms with Crippen LogP contribution in [-0.4, -0.2) is 5.91 Å². The molecule has 4 N–H and O–H groups in total. The third kappa shape index (κ3) is 3.10. The molecule has 0 fully saturated rings. The van der Waals surface area contributed by atoms with E-state index in [2.05, 4.69) is 10.7 Å². The summed E-state index contributed by atoms with van der Waals surface area (Å²) in [5.41, 5.74) is 6.37. The topological polar surface area (TPSA) is 67.2 Å². The summed E-state index contributed by atoms with van der Waals surface area (Å²) in [6.07, 6.45) is 0. The SMILES string of the molecule is Cc1ccc(NC(=O)c2ccc(NN)cc2C)c(Cl)c1. The maximum absolute atomic E-state index is 12.3. The number of rotatable bonds is 3. The van der Waals surface area contributed by atoms with Crippen LogP contribution in [0.4, 0.5) is 11.4 Å². The fraction of sp³-hybridized carbons (Fsp3) is 0.133. The molecule has 2 rings (SSSR count). The molecule has 0 heterocycles. The molecule has 20 heavy (non-hydrogen) atoms. The van der Waals surface area contributed by atoms with Crippen molar-refractivity contribution in [1.82, 2.24) is 0 Å². The Bertz CT molecular complexity index is 656. The molecule has 104 valence electrons. The van der Waals surface area contributed by atoms with Gasteiger partial charge in [0.1, 0.15) is 0 Å². The summed E-state index contributed by atoms with van der Waals surface area (Å²) in [5.74, 6) is 5.14. The third-order valence-electron chi connectivity index (χ3n) is 3.01. The van der Waals surface area contributed by atoms with Crippen LogP contribution >= 0.6 is 11.6 Å². The van der Waals surface area contributed by atoms with Crippen molar-refractivity contribution in [3.05, 3.63) is 58.1 Å². The highest BCUT2D eigenvalue weighted by Gasteiger charge is 2.11. The molecule has 0 radical (unpaired) electrons. The molecule has 0 atom stereocenters. The highest BCUT2D eigenvalue weighted by molar-refractivity contribution is 6.34. The first kappa shape index (κ1) is 14.4. The number of nitrogens with one attached hydrogen (secondary N) is 2. The molecule has 0 saturated carbocycles. The number of nitrogens with two attached hydrogens (primary N) is 1. The van der Waals surface area contributed by atoms with Crippen LogP contribution in [0.2, 0.25) is 5.02 Å². The Hall–Kier alpha value is -2.04. The van der Waals surface area contributed by atoms with E-state index in [4.69, 9.17) is 17.4 Å². The minimum absolute atomic E-state index is 0.197. The molecule has 2 aromatic rings. The van der Waals surface area contributed by atoms with Gasteiger partial charge in [-0.2, -0.15) is 0 Å². The number of hydrazine groups is 1. The molecule has 0 spiro atoms. The molecule has 5 heteroatoms. The maximum Gasteiger partial charge on any atom is 0.255 e. The fourth-order valence-corrected chi connectivity index (χ4v) is 2.20. The smallest absolute Gasteiger partial charge is 0.255 e. The van der Waals surface area contributed by atoms with Crippen LogP contribution < -0.4 is 16.6 Å². The summed E-state index contributed by atoms with van der Waals surface area (Å²) in [5, 5.41) is 3.33. The molecule has 2 aromatic carbocycles. The van der Waals surface area contributed by atoms with Gasteiger partial charge in [-0.25, -0.2) is 0 Å². The van der Waals surface area contributed by atoms with Crippen molar-refractivity contribution in [3.8, 4) is 0 Å². The fourth-order valence-electron chi connectivity index (χ4n) is 1.92. The van der Waals surface area contributed by atoms with Crippen LogP contribution in [0.3, 0.4) is 0 Å². The van der Waals surface area contributed by atoms with Crippen LogP contribution in [-0.2, 0) is 0 Å². The number of amides is 1. The van der Waals surface area contributed by atoms with E-state index in [1.165, 1.54) is 0 Å². The van der Waals surface area contributed by atoms with Crippen LogP contribution in [0.15, 0.2) is 36.4 Å². The summed E-state index contributed by atoms with van der Waals surface area (Å²) in [6, 6.07) is 10.8. The third-order valence-corrected chi connectivity index (χ3v) is 3.32. The summed E-state index contributed by atoms with van der Waals surface area (Å²) < 4.78 is 0. The van der Waals surface area contributed by atoms with E-state index in [0.717, 1.165) is 16.8 Å². The van der Waals surface area contributed by atoms with Crippen molar-refractivity contribution in [2.75, 3.05) is 10.7 Å². The van der Waals surface area contributed by atoms with E-state index in [1.807, 2.05) is 32.0 Å². The monoisotopic (exact) mass is 289 g/mol. The Balaban J connectivity index is 2.24. The average molecular weight is 290 g/mol. The zero-order chi connectivity index (χ0) is 14.7. The predicted octanol–water partition coefficient (Wildman–Crippen LogP) is 3.49. The van der Waals surface area contributed by atoms with Crippen molar-refractivity contribution in [2.45, 2.75) is 13.8 Å². The molecular weight excluding hydrogens is 274 g/mol. The Morgan fingerprint density at radius 1 is 1.15 bits per heavy atom. The van der Waals surface area contributed by atoms with Crippen molar-refractivity contribution in [3.63, 3.8) is 0 Å². The lowest BCUT2D eigenvalue weighted by atomic mass is 10.1. The van der Waals surface area contributed by atoms with Gasteiger partial charge >= 0.3 is 0 Å². The number of nitrogen functional groups attached to an aromatic ring is 1. The van der Waals surface area contributed by atoms with Gasteiger partial charge in [0, 0.05) is 11.3 Å². The molecule has 0 bridgehead atoms. The van der Waals surface area contributed by atoms with E-state index in [0.29, 0.717) is 16.3 Å². The van der Waals surface area contributed by atoms with Gasteiger partial charge in [-0.3, -0.25) is 10.6 Å². The van der Waals surface area contributed by atoms with Gasteiger partial charge in [0.2, 0.25) is 0 Å². The second kappa shape index (κ2) is 5.94. The zero-order valence-electron chi connectivity index (χ0n) is 11.3. The summed E-state index contributed by atoms with van der Waals surface area (Å²) >= 11 is 6.11. The number of carbonyl (C=O) groups excluding carboxylic acids is 1. The summed E-state index contributed by atoms with van der Waals surface area (Å²) in [7, 11) is 0. The number of halogens is 1. The normalized spacial score (nSPS) is 10.2. The van der Waals surface area contributed by atoms with Gasteiger partial charge in [0.25, 0.3) is 5.91 Å². The van der Waals surface area contributed by atoms with E-state index in [1.54, 1.807) is 18.2 Å².